The van der Waals surface area contributed by atoms with Gasteiger partial charge < -0.3 is 15.0 Å². The molecule has 10 nitrogen and oxygen atoms in total. The molecule has 11 heteroatoms. The van der Waals surface area contributed by atoms with E-state index in [4.69, 9.17) is 4.74 Å². The van der Waals surface area contributed by atoms with Crippen molar-refractivity contribution < 1.29 is 27.5 Å². The van der Waals surface area contributed by atoms with Gasteiger partial charge in [-0.25, -0.2) is 13.2 Å². The molecule has 2 aliphatic heterocycles. The van der Waals surface area contributed by atoms with Crippen LogP contribution in [0.25, 0.3) is 0 Å². The Bertz CT molecular complexity index is 1210. The molecule has 176 valence electrons. The quantitative estimate of drug-likeness (QED) is 0.639. The van der Waals surface area contributed by atoms with Gasteiger partial charge in [-0.2, -0.15) is 4.31 Å². The Morgan fingerprint density at radius 1 is 1.15 bits per heavy atom. The minimum absolute atomic E-state index is 0.0295. The maximum atomic E-state index is 13.3. The highest BCUT2D eigenvalue weighted by atomic mass is 32.2. The fraction of sp³-hybridized carbons (Fsp3) is 0.409. The number of anilines is 2. The van der Waals surface area contributed by atoms with E-state index in [0.717, 1.165) is 12.8 Å². The van der Waals surface area contributed by atoms with Gasteiger partial charge in [-0.3, -0.25) is 14.5 Å². The second kappa shape index (κ2) is 8.31. The molecule has 0 bridgehead atoms. The van der Waals surface area contributed by atoms with Crippen molar-refractivity contribution in [1.82, 2.24) is 9.29 Å². The Morgan fingerprint density at radius 3 is 2.52 bits per heavy atom. The minimum Gasteiger partial charge on any atom is -0.448 e. The Morgan fingerprint density at radius 2 is 1.82 bits per heavy atom. The lowest BCUT2D eigenvalue weighted by atomic mass is 9.95. The number of aromatic amines is 1. The van der Waals surface area contributed by atoms with Crippen molar-refractivity contribution >= 4 is 39.2 Å². The number of para-hydroxylation sites is 2. The molecule has 0 spiro atoms. The van der Waals surface area contributed by atoms with E-state index in [0.29, 0.717) is 24.5 Å². The molecule has 2 aromatic rings. The number of aromatic nitrogens is 1. The van der Waals surface area contributed by atoms with Crippen molar-refractivity contribution in [3.63, 3.8) is 0 Å². The molecule has 1 aromatic heterocycles. The second-order valence-corrected chi connectivity index (χ2v) is 10.5. The molecule has 1 saturated heterocycles. The van der Waals surface area contributed by atoms with Crippen LogP contribution >= 0.6 is 0 Å². The predicted molar refractivity (Wildman–Crippen MR) is 120 cm³/mol. The average molecular weight is 475 g/mol. The predicted octanol–water partition coefficient (Wildman–Crippen LogP) is 2.11. The van der Waals surface area contributed by atoms with E-state index < -0.39 is 33.5 Å². The van der Waals surface area contributed by atoms with Gasteiger partial charge in [0.1, 0.15) is 16.1 Å². The van der Waals surface area contributed by atoms with E-state index in [9.17, 15) is 22.8 Å². The van der Waals surface area contributed by atoms with Crippen LogP contribution in [0, 0.1) is 0 Å². The molecule has 2 aliphatic rings. The van der Waals surface area contributed by atoms with Crippen LogP contribution < -0.4 is 10.2 Å². The first-order valence-corrected chi connectivity index (χ1v) is 12.1. The zero-order valence-electron chi connectivity index (χ0n) is 18.6. The first-order valence-electron chi connectivity index (χ1n) is 10.7. The van der Waals surface area contributed by atoms with Crippen LogP contribution in [0.2, 0.25) is 0 Å². The van der Waals surface area contributed by atoms with Crippen LogP contribution in [0.5, 0.6) is 0 Å². The number of amides is 2. The summed E-state index contributed by atoms with van der Waals surface area (Å²) in [4.78, 5) is 42.4. The number of hydrogen-bond donors (Lipinski definition) is 2. The zero-order valence-corrected chi connectivity index (χ0v) is 19.4. The molecule has 1 atom stereocenters. The van der Waals surface area contributed by atoms with Gasteiger partial charge in [0.25, 0.3) is 5.91 Å². The molecule has 0 saturated carbocycles. The van der Waals surface area contributed by atoms with Crippen LogP contribution in [0.15, 0.2) is 41.4 Å². The number of rotatable bonds is 5. The Hall–Kier alpha value is -3.18. The third-order valence-electron chi connectivity index (χ3n) is 5.94. The molecular weight excluding hydrogens is 448 g/mol. The van der Waals surface area contributed by atoms with Gasteiger partial charge in [-0.05, 0) is 51.8 Å². The van der Waals surface area contributed by atoms with Gasteiger partial charge in [0, 0.05) is 19.3 Å². The van der Waals surface area contributed by atoms with Crippen LogP contribution in [0.4, 0.5) is 11.4 Å². The van der Waals surface area contributed by atoms with Crippen LogP contribution in [-0.2, 0) is 24.3 Å². The molecule has 3 heterocycles. The largest absolute Gasteiger partial charge is 0.448 e. The number of carbonyl (C=O) groups is 3. The van der Waals surface area contributed by atoms with E-state index in [1.54, 1.807) is 38.1 Å². The second-order valence-electron chi connectivity index (χ2n) is 8.61. The fourth-order valence-electron chi connectivity index (χ4n) is 4.02. The topological polar surface area (TPSA) is 129 Å². The summed E-state index contributed by atoms with van der Waals surface area (Å²) in [7, 11) is -3.69. The van der Waals surface area contributed by atoms with Gasteiger partial charge in [0.15, 0.2) is 6.10 Å². The van der Waals surface area contributed by atoms with Crippen LogP contribution in [0.3, 0.4) is 0 Å². The highest BCUT2D eigenvalue weighted by molar-refractivity contribution is 7.89. The molecule has 4 rings (SSSR count). The summed E-state index contributed by atoms with van der Waals surface area (Å²) in [5.74, 6) is -1.81. The molecular formula is C22H26N4O6S. The maximum absolute atomic E-state index is 13.3. The number of esters is 1. The lowest BCUT2D eigenvalue weighted by Gasteiger charge is -2.42. The Balaban J connectivity index is 1.52. The minimum atomic E-state index is -3.69. The molecule has 1 aromatic carbocycles. The SMILES string of the molecule is CC(OC(=O)c1cc(S(=O)(=O)N2CCCC2)c[nH]1)C(=O)N1c2ccccc2NC(=O)C1(C)C. The summed E-state index contributed by atoms with van der Waals surface area (Å²) < 4.78 is 32.1. The summed E-state index contributed by atoms with van der Waals surface area (Å²) in [6.45, 7) is 5.51. The molecule has 1 unspecified atom stereocenters. The maximum Gasteiger partial charge on any atom is 0.355 e. The molecule has 1 fully saturated rings. The van der Waals surface area contributed by atoms with Crippen molar-refractivity contribution in [2.75, 3.05) is 23.3 Å². The molecule has 2 amide bonds. The van der Waals surface area contributed by atoms with Gasteiger partial charge in [0.05, 0.1) is 11.4 Å². The van der Waals surface area contributed by atoms with E-state index in [-0.39, 0.29) is 16.5 Å². The zero-order chi connectivity index (χ0) is 24.0. The van der Waals surface area contributed by atoms with E-state index >= 15 is 0 Å². The smallest absolute Gasteiger partial charge is 0.355 e. The van der Waals surface area contributed by atoms with Crippen molar-refractivity contribution in [2.24, 2.45) is 0 Å². The van der Waals surface area contributed by atoms with E-state index in [1.165, 1.54) is 28.4 Å². The Labute approximate surface area is 191 Å². The number of nitrogens with one attached hydrogen (secondary N) is 2. The molecule has 0 radical (unpaired) electrons. The monoisotopic (exact) mass is 474 g/mol. The molecule has 33 heavy (non-hydrogen) atoms. The first-order chi connectivity index (χ1) is 15.5. The van der Waals surface area contributed by atoms with Gasteiger partial charge in [-0.1, -0.05) is 12.1 Å². The van der Waals surface area contributed by atoms with Crippen molar-refractivity contribution in [1.29, 1.82) is 0 Å². The van der Waals surface area contributed by atoms with E-state index in [2.05, 4.69) is 10.3 Å². The van der Waals surface area contributed by atoms with Gasteiger partial charge >= 0.3 is 5.97 Å². The fourth-order valence-corrected chi connectivity index (χ4v) is 5.53. The standard InChI is InChI=1S/C22H26N4O6S/c1-14(19(27)26-18-9-5-4-8-16(18)24-21(29)22(26,2)3)32-20(28)17-12-15(13-23-17)33(30,31)25-10-6-7-11-25/h4-5,8-9,12-14,23H,6-7,10-11H2,1-3H3,(H,24,29). The Kier molecular flexibility index (Phi) is 5.79. The van der Waals surface area contributed by atoms with Crippen molar-refractivity contribution in [2.45, 2.75) is 50.2 Å². The van der Waals surface area contributed by atoms with E-state index in [1.807, 2.05) is 0 Å². The number of carbonyl (C=O) groups excluding carboxylic acids is 3. The van der Waals surface area contributed by atoms with Crippen molar-refractivity contribution in [3.05, 3.63) is 42.2 Å². The average Bonchev–Trinajstić information content (AvgIpc) is 3.47. The summed E-state index contributed by atoms with van der Waals surface area (Å²) in [5, 5.41) is 2.77. The lowest BCUT2D eigenvalue weighted by molar-refractivity contribution is -0.131. The third-order valence-corrected chi connectivity index (χ3v) is 7.82. The number of H-pyrrole nitrogens is 1. The van der Waals surface area contributed by atoms with Gasteiger partial charge in [-0.15, -0.1) is 0 Å². The van der Waals surface area contributed by atoms with Gasteiger partial charge in [0.2, 0.25) is 15.9 Å². The first kappa shape index (κ1) is 23.0. The third kappa shape index (κ3) is 4.02. The number of fused-ring (bicyclic) bond motifs is 1. The summed E-state index contributed by atoms with van der Waals surface area (Å²) in [6, 6.07) is 8.07. The number of hydrogen-bond acceptors (Lipinski definition) is 6. The van der Waals surface area contributed by atoms with Crippen molar-refractivity contribution in [3.8, 4) is 0 Å². The van der Waals surface area contributed by atoms with Crippen LogP contribution in [0.1, 0.15) is 44.1 Å². The lowest BCUT2D eigenvalue weighted by Crippen LogP contribution is -2.60. The summed E-state index contributed by atoms with van der Waals surface area (Å²) >= 11 is 0. The molecule has 2 N–H and O–H groups in total. The normalized spacial score (nSPS) is 19.0. The number of sulfonamides is 1. The molecule has 0 aliphatic carbocycles. The number of benzene rings is 1. The highest BCUT2D eigenvalue weighted by Crippen LogP contribution is 2.37. The van der Waals surface area contributed by atoms with Crippen LogP contribution in [-0.4, -0.2) is 60.2 Å². The summed E-state index contributed by atoms with van der Waals surface area (Å²) in [6.07, 6.45) is 1.61. The number of ether oxygens (including phenoxy) is 1. The highest BCUT2D eigenvalue weighted by Gasteiger charge is 2.45. The number of nitrogens with zero attached hydrogens (tertiary/aromatic N) is 2. The summed E-state index contributed by atoms with van der Waals surface area (Å²) in [5.41, 5.74) is -0.317.